The molecule has 1 amide bonds. The van der Waals surface area contributed by atoms with Gasteiger partial charge in [-0.05, 0) is 17.2 Å². The molecule has 3 rings (SSSR count). The number of alkyl halides is 3. The van der Waals surface area contributed by atoms with Crippen LogP contribution in [0.1, 0.15) is 22.6 Å². The Morgan fingerprint density at radius 2 is 2.08 bits per heavy atom. The second-order valence-corrected chi connectivity index (χ2v) is 6.67. The summed E-state index contributed by atoms with van der Waals surface area (Å²) < 4.78 is 41.2. The van der Waals surface area contributed by atoms with Crippen molar-refractivity contribution in [3.05, 3.63) is 53.3 Å². The highest BCUT2D eigenvalue weighted by Gasteiger charge is 2.37. The van der Waals surface area contributed by atoms with Crippen LogP contribution in [0.3, 0.4) is 0 Å². The lowest BCUT2D eigenvalue weighted by Gasteiger charge is -2.25. The minimum atomic E-state index is -4.44. The predicted octanol–water partition coefficient (Wildman–Crippen LogP) is 2.40. The van der Waals surface area contributed by atoms with Gasteiger partial charge in [-0.1, -0.05) is 18.2 Å². The number of amides is 1. The summed E-state index contributed by atoms with van der Waals surface area (Å²) in [5.74, 6) is -0.514. The van der Waals surface area contributed by atoms with Crippen molar-refractivity contribution in [1.29, 1.82) is 0 Å². The molecule has 0 spiro atoms. The van der Waals surface area contributed by atoms with Gasteiger partial charge in [-0.15, -0.1) is 0 Å². The number of carbonyl (C=O) groups is 1. The van der Waals surface area contributed by atoms with Gasteiger partial charge < -0.3 is 10.2 Å². The van der Waals surface area contributed by atoms with Gasteiger partial charge in [0.15, 0.2) is 0 Å². The van der Waals surface area contributed by atoms with E-state index in [4.69, 9.17) is 0 Å². The van der Waals surface area contributed by atoms with Gasteiger partial charge in [0, 0.05) is 45.8 Å². The van der Waals surface area contributed by atoms with Crippen LogP contribution in [0.2, 0.25) is 0 Å². The van der Waals surface area contributed by atoms with Crippen molar-refractivity contribution in [2.24, 2.45) is 13.0 Å². The highest BCUT2D eigenvalue weighted by molar-refractivity contribution is 5.80. The Kier molecular flexibility index (Phi) is 5.04. The summed E-state index contributed by atoms with van der Waals surface area (Å²) in [5.41, 5.74) is 0.354. The van der Waals surface area contributed by atoms with Crippen LogP contribution >= 0.6 is 0 Å². The van der Waals surface area contributed by atoms with Crippen LogP contribution < -0.4 is 5.32 Å². The van der Waals surface area contributed by atoms with E-state index in [-0.39, 0.29) is 29.9 Å². The van der Waals surface area contributed by atoms with Gasteiger partial charge in [-0.25, -0.2) is 0 Å². The lowest BCUT2D eigenvalue weighted by atomic mass is 9.89. The third kappa shape index (κ3) is 3.75. The first-order chi connectivity index (χ1) is 12.3. The first-order valence-corrected chi connectivity index (χ1v) is 8.36. The van der Waals surface area contributed by atoms with Crippen molar-refractivity contribution in [2.75, 3.05) is 20.1 Å². The molecule has 8 heteroatoms. The van der Waals surface area contributed by atoms with E-state index in [1.54, 1.807) is 24.0 Å². The maximum Gasteiger partial charge on any atom is 0.416 e. The second kappa shape index (κ2) is 7.11. The van der Waals surface area contributed by atoms with Crippen LogP contribution in [0, 0.1) is 5.92 Å². The molecular weight excluding hydrogens is 345 g/mol. The predicted molar refractivity (Wildman–Crippen MR) is 90.2 cm³/mol. The van der Waals surface area contributed by atoms with Crippen LogP contribution in [0.25, 0.3) is 0 Å². The molecule has 1 aliphatic heterocycles. The maximum atomic E-state index is 13.2. The van der Waals surface area contributed by atoms with E-state index in [0.717, 1.165) is 11.6 Å². The number of aromatic nitrogens is 2. The van der Waals surface area contributed by atoms with Crippen LogP contribution in [-0.4, -0.2) is 40.7 Å². The van der Waals surface area contributed by atoms with Gasteiger partial charge >= 0.3 is 6.18 Å². The molecule has 1 aliphatic rings. The molecule has 0 radical (unpaired) electrons. The normalized spacial score (nSPS) is 20.3. The van der Waals surface area contributed by atoms with E-state index >= 15 is 0 Å². The Balaban J connectivity index is 1.76. The van der Waals surface area contributed by atoms with Crippen molar-refractivity contribution in [3.8, 4) is 0 Å². The lowest BCUT2D eigenvalue weighted by Crippen LogP contribution is -2.36. The van der Waals surface area contributed by atoms with E-state index in [1.165, 1.54) is 17.0 Å². The van der Waals surface area contributed by atoms with Crippen molar-refractivity contribution in [2.45, 2.75) is 18.6 Å². The van der Waals surface area contributed by atoms with Gasteiger partial charge in [-0.2, -0.15) is 18.3 Å². The standard InChI is InChI=1S/C18H21F3N4O/c1-24(10-12-5-3-4-6-16(12)18(19,20)21)17(26)15-9-22-8-14(15)13-7-23-25(2)11-13/h3-7,11,14-15,22H,8-10H2,1-2H3/t14-,15+/m1/s1. The zero-order valence-electron chi connectivity index (χ0n) is 14.6. The summed E-state index contributed by atoms with van der Waals surface area (Å²) in [4.78, 5) is 14.3. The van der Waals surface area contributed by atoms with Crippen LogP contribution in [0.15, 0.2) is 36.7 Å². The number of aryl methyl sites for hydroxylation is 1. The molecule has 0 aliphatic carbocycles. The summed E-state index contributed by atoms with van der Waals surface area (Å²) in [6.45, 7) is 1.07. The summed E-state index contributed by atoms with van der Waals surface area (Å²) >= 11 is 0. The van der Waals surface area contributed by atoms with Crippen molar-refractivity contribution in [1.82, 2.24) is 20.0 Å². The summed E-state index contributed by atoms with van der Waals surface area (Å²) in [6, 6.07) is 5.37. The van der Waals surface area contributed by atoms with Crippen molar-refractivity contribution < 1.29 is 18.0 Å². The Morgan fingerprint density at radius 1 is 1.35 bits per heavy atom. The molecular formula is C18H21F3N4O. The lowest BCUT2D eigenvalue weighted by molar-refractivity contribution is -0.140. The van der Waals surface area contributed by atoms with Gasteiger partial charge in [0.25, 0.3) is 0 Å². The van der Waals surface area contributed by atoms with Gasteiger partial charge in [0.05, 0.1) is 17.7 Å². The highest BCUT2D eigenvalue weighted by Crippen LogP contribution is 2.33. The molecule has 2 aromatic rings. The Bertz CT molecular complexity index is 787. The second-order valence-electron chi connectivity index (χ2n) is 6.67. The number of rotatable bonds is 4. The molecule has 5 nitrogen and oxygen atoms in total. The van der Waals surface area contributed by atoms with E-state index < -0.39 is 11.7 Å². The molecule has 1 aromatic carbocycles. The van der Waals surface area contributed by atoms with Crippen LogP contribution in [0.4, 0.5) is 13.2 Å². The zero-order valence-corrected chi connectivity index (χ0v) is 14.6. The molecule has 26 heavy (non-hydrogen) atoms. The number of hydrogen-bond acceptors (Lipinski definition) is 3. The minimum absolute atomic E-state index is 0.0310. The van der Waals surface area contributed by atoms with Crippen molar-refractivity contribution in [3.63, 3.8) is 0 Å². The number of nitrogens with zero attached hydrogens (tertiary/aromatic N) is 3. The first kappa shape index (κ1) is 18.4. The molecule has 140 valence electrons. The third-order valence-electron chi connectivity index (χ3n) is 4.79. The van der Waals surface area contributed by atoms with Crippen molar-refractivity contribution >= 4 is 5.91 Å². The fourth-order valence-electron chi connectivity index (χ4n) is 3.47. The van der Waals surface area contributed by atoms with E-state index in [9.17, 15) is 18.0 Å². The molecule has 1 fully saturated rings. The topological polar surface area (TPSA) is 50.2 Å². The first-order valence-electron chi connectivity index (χ1n) is 8.36. The largest absolute Gasteiger partial charge is 0.416 e. The average molecular weight is 366 g/mol. The third-order valence-corrected chi connectivity index (χ3v) is 4.79. The quantitative estimate of drug-likeness (QED) is 0.904. The zero-order chi connectivity index (χ0) is 18.9. The van der Waals surface area contributed by atoms with E-state index in [0.29, 0.717) is 13.1 Å². The highest BCUT2D eigenvalue weighted by atomic mass is 19.4. The van der Waals surface area contributed by atoms with E-state index in [2.05, 4.69) is 10.4 Å². The summed E-state index contributed by atoms with van der Waals surface area (Å²) in [6.07, 6.45) is -0.832. The molecule has 1 N–H and O–H groups in total. The Morgan fingerprint density at radius 3 is 2.73 bits per heavy atom. The monoisotopic (exact) mass is 366 g/mol. The fourth-order valence-corrected chi connectivity index (χ4v) is 3.47. The molecule has 1 aromatic heterocycles. The Hall–Kier alpha value is -2.35. The minimum Gasteiger partial charge on any atom is -0.341 e. The SMILES string of the molecule is CN(Cc1ccccc1C(F)(F)F)C(=O)[C@H]1CNC[C@@H]1c1cnn(C)c1. The van der Waals surface area contributed by atoms with Gasteiger partial charge in [-0.3, -0.25) is 9.48 Å². The maximum absolute atomic E-state index is 13.2. The molecule has 2 heterocycles. The molecule has 0 unspecified atom stereocenters. The average Bonchev–Trinajstić information content (AvgIpc) is 3.22. The molecule has 1 saturated heterocycles. The number of benzene rings is 1. The number of carbonyl (C=O) groups excluding carboxylic acids is 1. The number of hydrogen-bond donors (Lipinski definition) is 1. The summed E-state index contributed by atoms with van der Waals surface area (Å²) in [7, 11) is 3.36. The van der Waals surface area contributed by atoms with Gasteiger partial charge in [0.2, 0.25) is 5.91 Å². The fraction of sp³-hybridized carbons (Fsp3) is 0.444. The molecule has 0 saturated carbocycles. The molecule has 2 atom stereocenters. The number of halogens is 3. The van der Waals surface area contributed by atoms with Crippen LogP contribution in [0.5, 0.6) is 0 Å². The molecule has 0 bridgehead atoms. The van der Waals surface area contributed by atoms with Crippen LogP contribution in [-0.2, 0) is 24.6 Å². The Labute approximate surface area is 149 Å². The smallest absolute Gasteiger partial charge is 0.341 e. The van der Waals surface area contributed by atoms with Gasteiger partial charge in [0.1, 0.15) is 0 Å². The number of nitrogens with one attached hydrogen (secondary N) is 1. The van der Waals surface area contributed by atoms with E-state index in [1.807, 2.05) is 13.2 Å². The summed E-state index contributed by atoms with van der Waals surface area (Å²) in [5, 5.41) is 7.35.